The molecule has 0 aromatic carbocycles. The average molecular weight is 304 g/mol. The van der Waals surface area contributed by atoms with E-state index in [4.69, 9.17) is 4.42 Å². The first-order chi connectivity index (χ1) is 10.2. The van der Waals surface area contributed by atoms with Crippen LogP contribution in [0.15, 0.2) is 47.6 Å². The van der Waals surface area contributed by atoms with Crippen molar-refractivity contribution in [3.63, 3.8) is 0 Å². The Morgan fingerprint density at radius 1 is 1.43 bits per heavy atom. The average Bonchev–Trinajstić information content (AvgIpc) is 3.08. The van der Waals surface area contributed by atoms with Crippen molar-refractivity contribution in [1.29, 1.82) is 0 Å². The second-order valence-corrected chi connectivity index (χ2v) is 6.20. The Morgan fingerprint density at radius 3 is 2.90 bits per heavy atom. The summed E-state index contributed by atoms with van der Waals surface area (Å²) in [7, 11) is 0. The molecule has 2 rings (SSSR count). The molecule has 0 aliphatic heterocycles. The van der Waals surface area contributed by atoms with Gasteiger partial charge in [-0.05, 0) is 31.2 Å². The quantitative estimate of drug-likeness (QED) is 0.763. The molecule has 0 radical (unpaired) electrons. The normalized spacial score (nSPS) is 10.8. The molecule has 0 unspecified atom stereocenters. The van der Waals surface area contributed by atoms with Crippen molar-refractivity contribution in [3.8, 4) is 0 Å². The highest BCUT2D eigenvalue weighted by Crippen LogP contribution is 2.18. The number of furan rings is 1. The SMILES string of the molecule is C=CCNC(=O)CN(Cc1ccco1)Cc1ccc(C)s1. The number of nitrogens with one attached hydrogen (secondary N) is 1. The minimum atomic E-state index is -0.00488. The van der Waals surface area contributed by atoms with Gasteiger partial charge in [0.1, 0.15) is 5.76 Å². The van der Waals surface area contributed by atoms with E-state index in [1.807, 2.05) is 12.1 Å². The molecular formula is C16H20N2O2S. The van der Waals surface area contributed by atoms with Crippen LogP contribution >= 0.6 is 11.3 Å². The van der Waals surface area contributed by atoms with Crippen LogP contribution in [0, 0.1) is 6.92 Å². The zero-order valence-electron chi connectivity index (χ0n) is 12.2. The second-order valence-electron chi connectivity index (χ2n) is 4.83. The summed E-state index contributed by atoms with van der Waals surface area (Å²) in [5.74, 6) is 0.856. The summed E-state index contributed by atoms with van der Waals surface area (Å²) in [5, 5.41) is 2.81. The highest BCUT2D eigenvalue weighted by atomic mass is 32.1. The molecule has 1 N–H and O–H groups in total. The maximum atomic E-state index is 11.9. The zero-order valence-corrected chi connectivity index (χ0v) is 13.0. The van der Waals surface area contributed by atoms with Crippen LogP contribution in [0.5, 0.6) is 0 Å². The van der Waals surface area contributed by atoms with Crippen molar-refractivity contribution in [2.75, 3.05) is 13.1 Å². The number of amides is 1. The van der Waals surface area contributed by atoms with E-state index in [0.717, 1.165) is 12.3 Å². The molecule has 0 bridgehead atoms. The number of carbonyl (C=O) groups is 1. The van der Waals surface area contributed by atoms with E-state index < -0.39 is 0 Å². The van der Waals surface area contributed by atoms with E-state index in [0.29, 0.717) is 19.6 Å². The van der Waals surface area contributed by atoms with Gasteiger partial charge in [0, 0.05) is 22.8 Å². The Hall–Kier alpha value is -1.85. The molecular weight excluding hydrogens is 284 g/mol. The molecule has 0 atom stereocenters. The second kappa shape index (κ2) is 7.81. The number of nitrogens with zero attached hydrogens (tertiary/aromatic N) is 1. The van der Waals surface area contributed by atoms with Crippen LogP contribution in [0.2, 0.25) is 0 Å². The number of rotatable bonds is 8. The molecule has 21 heavy (non-hydrogen) atoms. The van der Waals surface area contributed by atoms with Gasteiger partial charge in [-0.25, -0.2) is 0 Å². The van der Waals surface area contributed by atoms with Crippen LogP contribution < -0.4 is 5.32 Å². The fourth-order valence-corrected chi connectivity index (χ4v) is 2.96. The van der Waals surface area contributed by atoms with Gasteiger partial charge in [0.15, 0.2) is 0 Å². The van der Waals surface area contributed by atoms with E-state index in [-0.39, 0.29) is 5.91 Å². The van der Waals surface area contributed by atoms with Crippen LogP contribution in [-0.2, 0) is 17.9 Å². The Labute approximate surface area is 129 Å². The van der Waals surface area contributed by atoms with E-state index in [2.05, 4.69) is 35.9 Å². The third-order valence-corrected chi connectivity index (χ3v) is 3.93. The van der Waals surface area contributed by atoms with Gasteiger partial charge in [-0.2, -0.15) is 0 Å². The lowest BCUT2D eigenvalue weighted by Gasteiger charge is -2.19. The number of thiophene rings is 1. The molecule has 2 aromatic rings. The fraction of sp³-hybridized carbons (Fsp3) is 0.312. The van der Waals surface area contributed by atoms with Gasteiger partial charge in [0.05, 0.1) is 19.4 Å². The molecule has 5 heteroatoms. The predicted molar refractivity (Wildman–Crippen MR) is 85.1 cm³/mol. The molecule has 112 valence electrons. The van der Waals surface area contributed by atoms with Gasteiger partial charge in [0.2, 0.25) is 5.91 Å². The summed E-state index contributed by atoms with van der Waals surface area (Å²) in [6, 6.07) is 7.99. The van der Waals surface area contributed by atoms with E-state index in [1.165, 1.54) is 9.75 Å². The van der Waals surface area contributed by atoms with Crippen molar-refractivity contribution >= 4 is 17.2 Å². The first-order valence-corrected chi connectivity index (χ1v) is 7.66. The molecule has 1 amide bonds. The molecule has 2 aromatic heterocycles. The molecule has 0 saturated heterocycles. The minimum absolute atomic E-state index is 0.00488. The van der Waals surface area contributed by atoms with E-state index >= 15 is 0 Å². The third-order valence-electron chi connectivity index (χ3n) is 2.95. The number of carbonyl (C=O) groups excluding carboxylic acids is 1. The van der Waals surface area contributed by atoms with Crippen LogP contribution in [0.25, 0.3) is 0 Å². The minimum Gasteiger partial charge on any atom is -0.468 e. The third kappa shape index (κ3) is 5.21. The lowest BCUT2D eigenvalue weighted by Crippen LogP contribution is -2.36. The van der Waals surface area contributed by atoms with Crippen LogP contribution in [0.4, 0.5) is 0 Å². The van der Waals surface area contributed by atoms with Gasteiger partial charge in [0.25, 0.3) is 0 Å². The maximum absolute atomic E-state index is 11.9. The Kier molecular flexibility index (Phi) is 5.78. The summed E-state index contributed by atoms with van der Waals surface area (Å²) < 4.78 is 5.38. The summed E-state index contributed by atoms with van der Waals surface area (Å²) in [6.45, 7) is 7.87. The number of hydrogen-bond acceptors (Lipinski definition) is 4. The standard InChI is InChI=1S/C16H20N2O2S/c1-3-8-17-16(19)12-18(10-14-5-4-9-20-14)11-15-7-6-13(2)21-15/h3-7,9H,1,8,10-12H2,2H3,(H,17,19). The van der Waals surface area contributed by atoms with Crippen molar-refractivity contribution in [1.82, 2.24) is 10.2 Å². The molecule has 0 fully saturated rings. The highest BCUT2D eigenvalue weighted by molar-refractivity contribution is 7.11. The molecule has 0 saturated carbocycles. The van der Waals surface area contributed by atoms with Crippen LogP contribution in [0.3, 0.4) is 0 Å². The number of hydrogen-bond donors (Lipinski definition) is 1. The fourth-order valence-electron chi connectivity index (χ4n) is 2.03. The molecule has 0 spiro atoms. The summed E-state index contributed by atoms with van der Waals surface area (Å²) in [4.78, 5) is 16.5. The zero-order chi connectivity index (χ0) is 15.1. The van der Waals surface area contributed by atoms with Gasteiger partial charge >= 0.3 is 0 Å². The lowest BCUT2D eigenvalue weighted by atomic mass is 10.3. The van der Waals surface area contributed by atoms with E-state index in [9.17, 15) is 4.79 Å². The Bertz CT molecular complexity index is 575. The van der Waals surface area contributed by atoms with Gasteiger partial charge in [-0.15, -0.1) is 17.9 Å². The van der Waals surface area contributed by atoms with Crippen molar-refractivity contribution in [3.05, 3.63) is 58.7 Å². The van der Waals surface area contributed by atoms with Crippen LogP contribution in [-0.4, -0.2) is 23.9 Å². The maximum Gasteiger partial charge on any atom is 0.234 e. The molecule has 2 heterocycles. The Balaban J connectivity index is 1.98. The lowest BCUT2D eigenvalue weighted by molar-refractivity contribution is -0.122. The monoisotopic (exact) mass is 304 g/mol. The smallest absolute Gasteiger partial charge is 0.234 e. The Morgan fingerprint density at radius 2 is 2.29 bits per heavy atom. The predicted octanol–water partition coefficient (Wildman–Crippen LogP) is 2.95. The van der Waals surface area contributed by atoms with Crippen LogP contribution in [0.1, 0.15) is 15.5 Å². The highest BCUT2D eigenvalue weighted by Gasteiger charge is 2.13. The first-order valence-electron chi connectivity index (χ1n) is 6.85. The summed E-state index contributed by atoms with van der Waals surface area (Å²) in [5.41, 5.74) is 0. The topological polar surface area (TPSA) is 45.5 Å². The van der Waals surface area contributed by atoms with Gasteiger partial charge < -0.3 is 9.73 Å². The van der Waals surface area contributed by atoms with Gasteiger partial charge in [-0.3, -0.25) is 9.69 Å². The molecule has 4 nitrogen and oxygen atoms in total. The summed E-state index contributed by atoms with van der Waals surface area (Å²) in [6.07, 6.45) is 3.33. The number of aryl methyl sites for hydroxylation is 1. The molecule has 0 aliphatic carbocycles. The largest absolute Gasteiger partial charge is 0.468 e. The van der Waals surface area contributed by atoms with Crippen molar-refractivity contribution in [2.24, 2.45) is 0 Å². The van der Waals surface area contributed by atoms with Gasteiger partial charge in [-0.1, -0.05) is 6.08 Å². The summed E-state index contributed by atoms with van der Waals surface area (Å²) >= 11 is 1.75. The first kappa shape index (κ1) is 15.5. The van der Waals surface area contributed by atoms with E-state index in [1.54, 1.807) is 23.7 Å². The van der Waals surface area contributed by atoms with Crippen molar-refractivity contribution in [2.45, 2.75) is 20.0 Å². The van der Waals surface area contributed by atoms with Crippen molar-refractivity contribution < 1.29 is 9.21 Å². The molecule has 0 aliphatic rings.